The molecule has 4 rings (SSSR count). The van der Waals surface area contributed by atoms with Gasteiger partial charge in [0.2, 0.25) is 0 Å². The largest absolute Gasteiger partial charge is 0.475 e. The van der Waals surface area contributed by atoms with Crippen molar-refractivity contribution in [3.8, 4) is 5.75 Å². The predicted octanol–water partition coefficient (Wildman–Crippen LogP) is 4.03. The molecule has 0 atom stereocenters. The van der Waals surface area contributed by atoms with Gasteiger partial charge in [0.25, 0.3) is 11.8 Å². The van der Waals surface area contributed by atoms with Gasteiger partial charge in [-0.15, -0.1) is 0 Å². The summed E-state index contributed by atoms with van der Waals surface area (Å²) in [6, 6.07) is 3.28. The van der Waals surface area contributed by atoms with Crippen molar-refractivity contribution < 1.29 is 27.9 Å². The molecule has 182 valence electrons. The monoisotopic (exact) mass is 585 g/mol. The summed E-state index contributed by atoms with van der Waals surface area (Å²) in [6.45, 7) is 4.33. The predicted molar refractivity (Wildman–Crippen MR) is 134 cm³/mol. The Hall–Kier alpha value is -2.44. The van der Waals surface area contributed by atoms with Gasteiger partial charge in [0, 0.05) is 24.7 Å². The van der Waals surface area contributed by atoms with Crippen molar-refractivity contribution in [1.82, 2.24) is 10.4 Å². The van der Waals surface area contributed by atoms with Crippen LogP contribution in [0.5, 0.6) is 5.75 Å². The highest BCUT2D eigenvalue weighted by Gasteiger charge is 2.42. The molecule has 0 unspecified atom stereocenters. The third kappa shape index (κ3) is 4.58. The smallest absolute Gasteiger partial charge is 0.268 e. The van der Waals surface area contributed by atoms with Gasteiger partial charge < -0.3 is 15.4 Å². The molecule has 0 saturated heterocycles. The molecule has 1 aromatic rings. The summed E-state index contributed by atoms with van der Waals surface area (Å²) >= 11 is -1.18. The van der Waals surface area contributed by atoms with Crippen molar-refractivity contribution in [1.29, 1.82) is 0 Å². The van der Waals surface area contributed by atoms with Crippen LogP contribution in [0.25, 0.3) is 0 Å². The number of fused-ring (bicyclic) bond motifs is 1. The number of amides is 2. The summed E-state index contributed by atoms with van der Waals surface area (Å²) in [4.78, 5) is 30.1. The number of ether oxygens (including phenoxy) is 1. The van der Waals surface area contributed by atoms with Gasteiger partial charge in [-0.25, -0.2) is 4.39 Å². The Labute approximate surface area is 206 Å². The van der Waals surface area contributed by atoms with Crippen molar-refractivity contribution in [2.45, 2.75) is 38.8 Å². The second-order valence-electron chi connectivity index (χ2n) is 8.02. The summed E-state index contributed by atoms with van der Waals surface area (Å²) < 4.78 is 35.9. The van der Waals surface area contributed by atoms with Crippen LogP contribution in [0.1, 0.15) is 32.3 Å². The van der Waals surface area contributed by atoms with Crippen LogP contribution in [0.4, 0.5) is 14.5 Å². The maximum Gasteiger partial charge on any atom is 0.268 e. The van der Waals surface area contributed by atoms with Gasteiger partial charge in [-0.05, 0) is 57.4 Å². The van der Waals surface area contributed by atoms with E-state index < -0.39 is 32.1 Å². The number of hydrogen-bond donors (Lipinski definition) is 2. The molecule has 3 aliphatic rings. The number of nitrogens with zero attached hydrogens (tertiary/aromatic N) is 1. The molecule has 2 N–H and O–H groups in total. The zero-order chi connectivity index (χ0) is 24.5. The van der Waals surface area contributed by atoms with E-state index in [1.54, 1.807) is 29.3 Å². The van der Waals surface area contributed by atoms with Crippen molar-refractivity contribution in [3.05, 3.63) is 56.7 Å². The fraction of sp³-hybridized carbons (Fsp3) is 0.375. The molecule has 0 saturated carbocycles. The number of carbonyl (C=O) groups is 2. The van der Waals surface area contributed by atoms with Crippen molar-refractivity contribution in [2.75, 3.05) is 25.5 Å². The molecular formula is C24H26F2IN3O4. The van der Waals surface area contributed by atoms with Crippen LogP contribution in [-0.2, 0) is 21.0 Å². The zero-order valence-corrected chi connectivity index (χ0v) is 21.3. The number of hydroxylamine groups is 2. The molecule has 2 amide bonds. The van der Waals surface area contributed by atoms with Gasteiger partial charge in [0.15, 0.2) is 15.3 Å². The van der Waals surface area contributed by atoms with Gasteiger partial charge in [0.1, 0.15) is 11.4 Å². The minimum atomic E-state index is -1.18. The van der Waals surface area contributed by atoms with Gasteiger partial charge in [-0.3, -0.25) is 14.4 Å². The highest BCUT2D eigenvalue weighted by atomic mass is 127. The standard InChI is InChI=1S/C24H26F2IN3O4/c1-4-24(5-2)23(32)29-20-18(34-24)9-6-14(19(20)25)12-30-11-10-15(13-33-30)16-7-8-17(22(31)28-3)27-21(16)26/h6-10H,4-5,11-13H2,1-3H3,(H,28,31)(H,29,32). The molecule has 1 aromatic carbocycles. The zero-order valence-electron chi connectivity index (χ0n) is 19.1. The number of carbonyl (C=O) groups excluding carboxylic acids is 2. The SMILES string of the molecule is CCC1(CC)Oc2ccc(CN3CC=C(C4=C(F)I=C(C(=O)NC)C=C4)CO3)c(F)c2NC1=O. The third-order valence-electron chi connectivity index (χ3n) is 6.15. The molecule has 0 spiro atoms. The number of allylic oxidation sites excluding steroid dienone is 1. The van der Waals surface area contributed by atoms with E-state index in [-0.39, 0.29) is 34.5 Å². The lowest BCUT2D eigenvalue weighted by Gasteiger charge is -2.36. The average molecular weight is 585 g/mol. The number of nitrogens with one attached hydrogen (secondary N) is 2. The highest BCUT2D eigenvalue weighted by Crippen LogP contribution is 2.40. The van der Waals surface area contributed by atoms with Crippen LogP contribution in [0.2, 0.25) is 0 Å². The molecule has 3 aliphatic heterocycles. The lowest BCUT2D eigenvalue weighted by molar-refractivity contribution is -0.156. The molecule has 3 heterocycles. The fourth-order valence-corrected chi connectivity index (χ4v) is 6.16. The Morgan fingerprint density at radius 2 is 2.03 bits per heavy atom. The van der Waals surface area contributed by atoms with Crippen LogP contribution >= 0.6 is 20.7 Å². The number of rotatable bonds is 6. The van der Waals surface area contributed by atoms with Crippen LogP contribution in [0.3, 0.4) is 0 Å². The Morgan fingerprint density at radius 1 is 1.26 bits per heavy atom. The van der Waals surface area contributed by atoms with Gasteiger partial charge in [-0.2, -0.15) is 9.45 Å². The van der Waals surface area contributed by atoms with Gasteiger partial charge in [0.05, 0.1) is 16.7 Å². The first-order valence-electron chi connectivity index (χ1n) is 11.0. The first-order chi connectivity index (χ1) is 16.3. The topological polar surface area (TPSA) is 79.9 Å². The summed E-state index contributed by atoms with van der Waals surface area (Å²) in [5.74, 6) is -0.856. The van der Waals surface area contributed by atoms with E-state index >= 15 is 4.39 Å². The summed E-state index contributed by atoms with van der Waals surface area (Å²) in [5, 5.41) is 6.77. The van der Waals surface area contributed by atoms with E-state index in [9.17, 15) is 14.0 Å². The first-order valence-corrected chi connectivity index (χ1v) is 13.2. The Balaban J connectivity index is 1.47. The number of hydrogen-bond acceptors (Lipinski definition) is 5. The maximum atomic E-state index is 15.2. The third-order valence-corrected chi connectivity index (χ3v) is 8.63. The van der Waals surface area contributed by atoms with E-state index in [0.29, 0.717) is 45.4 Å². The number of anilines is 1. The van der Waals surface area contributed by atoms with Gasteiger partial charge >= 0.3 is 0 Å². The molecule has 0 aromatic heterocycles. The van der Waals surface area contributed by atoms with Gasteiger partial charge in [-0.1, -0.05) is 26.0 Å². The highest BCUT2D eigenvalue weighted by molar-refractivity contribution is 14.2. The second-order valence-corrected chi connectivity index (χ2v) is 10.7. The van der Waals surface area contributed by atoms with E-state index in [4.69, 9.17) is 9.57 Å². The summed E-state index contributed by atoms with van der Waals surface area (Å²) in [6.07, 6.45) is 6.06. The van der Waals surface area contributed by atoms with Crippen LogP contribution in [-0.4, -0.2) is 46.2 Å². The van der Waals surface area contributed by atoms with Crippen LogP contribution < -0.4 is 15.4 Å². The minimum absolute atomic E-state index is 0.0416. The van der Waals surface area contributed by atoms with E-state index in [1.165, 1.54) is 7.05 Å². The van der Waals surface area contributed by atoms with Crippen LogP contribution in [0.15, 0.2) is 45.3 Å². The normalized spacial score (nSPS) is 19.9. The Morgan fingerprint density at radius 3 is 2.65 bits per heavy atom. The molecule has 10 heteroatoms. The van der Waals surface area contributed by atoms with E-state index in [1.807, 2.05) is 19.9 Å². The van der Waals surface area contributed by atoms with Crippen molar-refractivity contribution in [3.63, 3.8) is 0 Å². The maximum absolute atomic E-state index is 15.2. The Kier molecular flexibility index (Phi) is 7.29. The minimum Gasteiger partial charge on any atom is -0.475 e. The average Bonchev–Trinajstić information content (AvgIpc) is 2.86. The van der Waals surface area contributed by atoms with Crippen molar-refractivity contribution in [2.24, 2.45) is 0 Å². The molecule has 0 aliphatic carbocycles. The molecular weight excluding hydrogens is 559 g/mol. The second kappa shape index (κ2) is 10.0. The van der Waals surface area contributed by atoms with Crippen LogP contribution in [0, 0.1) is 5.82 Å². The summed E-state index contributed by atoms with van der Waals surface area (Å²) in [5.41, 5.74) is 0.549. The first kappa shape index (κ1) is 24.7. The fourth-order valence-electron chi connectivity index (χ4n) is 3.95. The Bertz CT molecular complexity index is 1160. The molecule has 7 nitrogen and oxygen atoms in total. The summed E-state index contributed by atoms with van der Waals surface area (Å²) in [7, 11) is 1.52. The molecule has 34 heavy (non-hydrogen) atoms. The lowest BCUT2D eigenvalue weighted by atomic mass is 9.93. The van der Waals surface area contributed by atoms with E-state index in [0.717, 1.165) is 0 Å². The van der Waals surface area contributed by atoms with E-state index in [2.05, 4.69) is 10.6 Å². The quantitative estimate of drug-likeness (QED) is 0.494. The molecule has 0 radical (unpaired) electrons. The number of halogens is 3. The lowest BCUT2D eigenvalue weighted by Crippen LogP contribution is -2.50. The van der Waals surface area contributed by atoms with Crippen molar-refractivity contribution >= 4 is 41.7 Å². The molecule has 0 bridgehead atoms. The number of benzene rings is 1. The molecule has 0 fully saturated rings.